The molecule has 2 aromatic heterocycles. The van der Waals surface area contributed by atoms with Crippen molar-refractivity contribution in [2.75, 3.05) is 43.4 Å². The number of benzene rings is 2. The minimum absolute atomic E-state index is 0.00349. The Kier molecular flexibility index (Phi) is 6.00. The number of likely N-dealkylation sites (N-methyl/N-ethyl adjacent to an activating group) is 1. The van der Waals surface area contributed by atoms with E-state index in [9.17, 15) is 13.6 Å². The van der Waals surface area contributed by atoms with Crippen molar-refractivity contribution in [3.63, 3.8) is 0 Å². The Morgan fingerprint density at radius 3 is 2.51 bits per heavy atom. The van der Waals surface area contributed by atoms with Crippen LogP contribution in [0.4, 0.5) is 20.3 Å². The van der Waals surface area contributed by atoms with Crippen LogP contribution in [0, 0.1) is 11.6 Å². The molecule has 1 saturated heterocycles. The lowest BCUT2D eigenvalue weighted by atomic mass is 10.1. The van der Waals surface area contributed by atoms with E-state index in [-0.39, 0.29) is 23.0 Å². The molecule has 4 aromatic rings. The second-order valence-electron chi connectivity index (χ2n) is 8.22. The van der Waals surface area contributed by atoms with Crippen molar-refractivity contribution < 1.29 is 8.78 Å². The minimum atomic E-state index is -1.18. The maximum absolute atomic E-state index is 14.5. The number of nitrogens with one attached hydrogen (secondary N) is 1. The summed E-state index contributed by atoms with van der Waals surface area (Å²) in [5.74, 6) is -2.35. The van der Waals surface area contributed by atoms with Gasteiger partial charge in [-0.25, -0.2) is 33.2 Å². The Morgan fingerprint density at radius 2 is 1.80 bits per heavy atom. The number of halogens is 2. The van der Waals surface area contributed by atoms with E-state index >= 15 is 0 Å². The van der Waals surface area contributed by atoms with E-state index in [1.54, 1.807) is 0 Å². The molecule has 2 aromatic carbocycles. The maximum atomic E-state index is 14.5. The number of piperazine rings is 1. The van der Waals surface area contributed by atoms with E-state index in [1.165, 1.54) is 18.3 Å². The van der Waals surface area contributed by atoms with Crippen LogP contribution in [0.5, 0.6) is 0 Å². The fourth-order valence-electron chi connectivity index (χ4n) is 4.21. The summed E-state index contributed by atoms with van der Waals surface area (Å²) in [5.41, 5.74) is 7.46. The molecule has 1 aliphatic heterocycles. The normalized spacial score (nSPS) is 14.4. The summed E-state index contributed by atoms with van der Waals surface area (Å²) in [6, 6.07) is 11.5. The van der Waals surface area contributed by atoms with E-state index < -0.39 is 17.3 Å². The van der Waals surface area contributed by atoms with Crippen LogP contribution >= 0.6 is 0 Å². The molecule has 3 N–H and O–H groups in total. The van der Waals surface area contributed by atoms with Gasteiger partial charge in [-0.05, 0) is 30.8 Å². The number of hydrogen-bond donors (Lipinski definition) is 2. The Labute approximate surface area is 199 Å². The molecule has 11 heteroatoms. The second kappa shape index (κ2) is 9.26. The summed E-state index contributed by atoms with van der Waals surface area (Å²) in [7, 11) is 0. The van der Waals surface area contributed by atoms with Crippen LogP contribution in [-0.2, 0) is 0 Å². The van der Waals surface area contributed by atoms with Gasteiger partial charge in [-0.15, -0.1) is 0 Å². The van der Waals surface area contributed by atoms with Crippen LogP contribution in [0.1, 0.15) is 6.92 Å². The molecule has 180 valence electrons. The summed E-state index contributed by atoms with van der Waals surface area (Å²) in [5, 5.41) is 6.21. The number of nitrogen functional groups attached to an aromatic ring is 1. The van der Waals surface area contributed by atoms with Gasteiger partial charge in [-0.1, -0.05) is 25.1 Å². The third kappa shape index (κ3) is 4.26. The van der Waals surface area contributed by atoms with Crippen LogP contribution in [-0.4, -0.2) is 62.4 Å². The van der Waals surface area contributed by atoms with Gasteiger partial charge >= 0.3 is 5.69 Å². The van der Waals surface area contributed by atoms with Crippen LogP contribution in [0.25, 0.3) is 28.5 Å². The molecule has 0 atom stereocenters. The zero-order chi connectivity index (χ0) is 24.5. The molecule has 0 aliphatic carbocycles. The topological polar surface area (TPSA) is 109 Å². The van der Waals surface area contributed by atoms with Crippen LogP contribution in [0.2, 0.25) is 0 Å². The van der Waals surface area contributed by atoms with Crippen molar-refractivity contribution in [3.8, 4) is 28.5 Å². The molecular formula is C24H24F2N8O. The third-order valence-electron chi connectivity index (χ3n) is 6.20. The van der Waals surface area contributed by atoms with E-state index in [0.29, 0.717) is 5.69 Å². The predicted molar refractivity (Wildman–Crippen MR) is 129 cm³/mol. The van der Waals surface area contributed by atoms with E-state index in [4.69, 9.17) is 5.73 Å². The monoisotopic (exact) mass is 478 g/mol. The zero-order valence-corrected chi connectivity index (χ0v) is 19.1. The van der Waals surface area contributed by atoms with Crippen molar-refractivity contribution in [3.05, 3.63) is 70.8 Å². The van der Waals surface area contributed by atoms with Crippen molar-refractivity contribution >= 4 is 11.5 Å². The number of nitrogens with zero attached hydrogens (tertiary/aromatic N) is 6. The highest BCUT2D eigenvalue weighted by molar-refractivity contribution is 5.71. The smallest absolute Gasteiger partial charge is 0.348 e. The quantitative estimate of drug-likeness (QED) is 0.454. The van der Waals surface area contributed by atoms with Gasteiger partial charge in [0, 0.05) is 37.4 Å². The Bertz CT molecular complexity index is 1410. The van der Waals surface area contributed by atoms with E-state index in [0.717, 1.165) is 54.6 Å². The second-order valence-corrected chi connectivity index (χ2v) is 8.22. The number of aromatic nitrogens is 5. The van der Waals surface area contributed by atoms with E-state index in [1.807, 2.05) is 24.3 Å². The molecule has 3 heterocycles. The lowest BCUT2D eigenvalue weighted by molar-refractivity contribution is 0.271. The molecule has 0 saturated carbocycles. The van der Waals surface area contributed by atoms with Crippen LogP contribution < -0.4 is 16.3 Å². The molecule has 1 aliphatic rings. The van der Waals surface area contributed by atoms with Gasteiger partial charge in [0.05, 0.1) is 17.6 Å². The summed E-state index contributed by atoms with van der Waals surface area (Å²) < 4.78 is 29.2. The zero-order valence-electron chi connectivity index (χ0n) is 19.1. The predicted octanol–water partition coefficient (Wildman–Crippen LogP) is 2.69. The van der Waals surface area contributed by atoms with Crippen molar-refractivity contribution in [1.82, 2.24) is 29.6 Å². The van der Waals surface area contributed by atoms with Gasteiger partial charge < -0.3 is 15.5 Å². The molecule has 0 radical (unpaired) electrons. The fraction of sp³-hybridized carbons (Fsp3) is 0.250. The highest BCUT2D eigenvalue weighted by Crippen LogP contribution is 2.28. The molecule has 0 unspecified atom stereocenters. The first-order chi connectivity index (χ1) is 17.0. The van der Waals surface area contributed by atoms with Crippen molar-refractivity contribution in [2.45, 2.75) is 6.92 Å². The average Bonchev–Trinajstić information content (AvgIpc) is 3.27. The maximum Gasteiger partial charge on any atom is 0.348 e. The Hall–Kier alpha value is -4.12. The molecule has 0 amide bonds. The first-order valence-electron chi connectivity index (χ1n) is 11.3. The molecule has 5 rings (SSSR count). The van der Waals surface area contributed by atoms with Gasteiger partial charge in [0.15, 0.2) is 29.0 Å². The first-order valence-corrected chi connectivity index (χ1v) is 11.3. The number of H-pyrrole nitrogens is 1. The molecule has 0 spiro atoms. The lowest BCUT2D eigenvalue weighted by Crippen LogP contribution is -2.46. The highest BCUT2D eigenvalue weighted by atomic mass is 19.2. The molecular weight excluding hydrogens is 454 g/mol. The van der Waals surface area contributed by atoms with Crippen LogP contribution in [0.3, 0.4) is 0 Å². The SMILES string of the molecule is CCN1CCN(c2ccc(-c3cnc(N)c(-c4n[nH]c(=O)n4-c4cccc(F)c4F)n3)cc2)CC1. The van der Waals surface area contributed by atoms with Gasteiger partial charge in [0.25, 0.3) is 0 Å². The van der Waals surface area contributed by atoms with Crippen LogP contribution in [0.15, 0.2) is 53.5 Å². The van der Waals surface area contributed by atoms with E-state index in [2.05, 4.69) is 36.9 Å². The molecule has 9 nitrogen and oxygen atoms in total. The Balaban J connectivity index is 1.48. The summed E-state index contributed by atoms with van der Waals surface area (Å²) in [6.07, 6.45) is 1.52. The minimum Gasteiger partial charge on any atom is -0.382 e. The average molecular weight is 479 g/mol. The molecule has 0 bridgehead atoms. The number of hydrogen-bond acceptors (Lipinski definition) is 7. The Morgan fingerprint density at radius 1 is 1.06 bits per heavy atom. The molecule has 35 heavy (non-hydrogen) atoms. The van der Waals surface area contributed by atoms with Gasteiger partial charge in [-0.3, -0.25) is 0 Å². The summed E-state index contributed by atoms with van der Waals surface area (Å²) in [4.78, 5) is 26.0. The van der Waals surface area contributed by atoms with Gasteiger partial charge in [0.1, 0.15) is 0 Å². The molecule has 1 fully saturated rings. The first kappa shape index (κ1) is 22.7. The fourth-order valence-corrected chi connectivity index (χ4v) is 4.21. The number of aromatic amines is 1. The number of rotatable bonds is 5. The summed E-state index contributed by atoms with van der Waals surface area (Å²) >= 11 is 0. The number of anilines is 2. The standard InChI is InChI=1S/C24H24F2N8O/c1-2-32-10-12-33(13-11-32)16-8-6-15(7-9-16)18-14-28-22(27)21(29-18)23-30-31-24(35)34(23)19-5-3-4-17(25)20(19)26/h3-9,14H,2,10-13H2,1H3,(H2,27,28)(H,31,35). The highest BCUT2D eigenvalue weighted by Gasteiger charge is 2.22. The summed E-state index contributed by atoms with van der Waals surface area (Å²) in [6.45, 7) is 7.22. The lowest BCUT2D eigenvalue weighted by Gasteiger charge is -2.35. The third-order valence-corrected chi connectivity index (χ3v) is 6.20. The van der Waals surface area contributed by atoms with Gasteiger partial charge in [-0.2, -0.15) is 5.10 Å². The van der Waals surface area contributed by atoms with Gasteiger partial charge in [0.2, 0.25) is 0 Å². The number of nitrogens with two attached hydrogens (primary N) is 1. The van der Waals surface area contributed by atoms with Crippen molar-refractivity contribution in [1.29, 1.82) is 0 Å². The largest absolute Gasteiger partial charge is 0.382 e. The van der Waals surface area contributed by atoms with Crippen molar-refractivity contribution in [2.24, 2.45) is 0 Å².